The summed E-state index contributed by atoms with van der Waals surface area (Å²) in [6, 6.07) is 2.01. The number of fused-ring (bicyclic) bond motifs is 1. The summed E-state index contributed by atoms with van der Waals surface area (Å²) in [4.78, 5) is 9.18. The van der Waals surface area contributed by atoms with Crippen LogP contribution in [0.4, 0.5) is 0 Å². The minimum absolute atomic E-state index is 0.528. The van der Waals surface area contributed by atoms with E-state index in [2.05, 4.69) is 10.3 Å². The fourth-order valence-corrected chi connectivity index (χ4v) is 2.33. The summed E-state index contributed by atoms with van der Waals surface area (Å²) < 4.78 is 2.03. The summed E-state index contributed by atoms with van der Waals surface area (Å²) in [7, 11) is 2.01. The molecule has 1 N–H and O–H groups in total. The Morgan fingerprint density at radius 1 is 1.50 bits per heavy atom. The predicted molar refractivity (Wildman–Crippen MR) is 63.4 cm³/mol. The van der Waals surface area contributed by atoms with E-state index < -0.39 is 0 Å². The molecular formula is C12H16N4. The second kappa shape index (κ2) is 3.87. The van der Waals surface area contributed by atoms with Crippen LogP contribution in [0.3, 0.4) is 0 Å². The summed E-state index contributed by atoms with van der Waals surface area (Å²) >= 11 is 0. The van der Waals surface area contributed by atoms with Crippen molar-refractivity contribution in [1.82, 2.24) is 19.9 Å². The van der Waals surface area contributed by atoms with E-state index in [-0.39, 0.29) is 0 Å². The molecule has 0 amide bonds. The van der Waals surface area contributed by atoms with E-state index in [1.165, 1.54) is 12.8 Å². The maximum absolute atomic E-state index is 4.72. The maximum Gasteiger partial charge on any atom is 0.158 e. The number of nitrogens with one attached hydrogen (secondary N) is 1. The molecule has 1 unspecified atom stereocenters. The van der Waals surface area contributed by atoms with Gasteiger partial charge in [0.25, 0.3) is 0 Å². The molecule has 4 heteroatoms. The van der Waals surface area contributed by atoms with E-state index in [4.69, 9.17) is 4.98 Å². The molecular weight excluding hydrogens is 200 g/mol. The summed E-state index contributed by atoms with van der Waals surface area (Å²) in [5.74, 6) is 0.528. The molecule has 2 aromatic heterocycles. The largest absolute Gasteiger partial charge is 0.334 e. The first-order valence-electron chi connectivity index (χ1n) is 5.83. The zero-order valence-corrected chi connectivity index (χ0v) is 9.48. The van der Waals surface area contributed by atoms with Gasteiger partial charge in [-0.05, 0) is 25.5 Å². The molecule has 16 heavy (non-hydrogen) atoms. The van der Waals surface area contributed by atoms with Gasteiger partial charge in [0, 0.05) is 31.9 Å². The fourth-order valence-electron chi connectivity index (χ4n) is 2.33. The summed E-state index contributed by atoms with van der Waals surface area (Å²) in [5.41, 5.74) is 3.10. The lowest BCUT2D eigenvalue weighted by Gasteiger charge is -2.21. The third-order valence-corrected chi connectivity index (χ3v) is 3.31. The molecule has 3 rings (SSSR count). The molecule has 3 heterocycles. The predicted octanol–water partition coefficient (Wildman–Crippen LogP) is 1.44. The first-order chi connectivity index (χ1) is 7.84. The molecule has 0 aromatic carbocycles. The molecule has 2 aromatic rings. The van der Waals surface area contributed by atoms with Gasteiger partial charge >= 0.3 is 0 Å². The van der Waals surface area contributed by atoms with Crippen molar-refractivity contribution in [3.63, 3.8) is 0 Å². The number of hydrogen-bond acceptors (Lipinski definition) is 3. The first kappa shape index (κ1) is 9.78. The van der Waals surface area contributed by atoms with Crippen molar-refractivity contribution in [3.05, 3.63) is 24.2 Å². The lowest BCUT2D eigenvalue weighted by atomic mass is 9.96. The van der Waals surface area contributed by atoms with Gasteiger partial charge in [0.15, 0.2) is 5.65 Å². The fraction of sp³-hybridized carbons (Fsp3) is 0.500. The van der Waals surface area contributed by atoms with Crippen LogP contribution in [0.5, 0.6) is 0 Å². The van der Waals surface area contributed by atoms with Crippen LogP contribution in [0.25, 0.3) is 11.2 Å². The van der Waals surface area contributed by atoms with Gasteiger partial charge in [0.2, 0.25) is 0 Å². The monoisotopic (exact) mass is 216 g/mol. The molecule has 1 atom stereocenters. The third-order valence-electron chi connectivity index (χ3n) is 3.31. The van der Waals surface area contributed by atoms with Crippen LogP contribution < -0.4 is 5.32 Å². The van der Waals surface area contributed by atoms with E-state index >= 15 is 0 Å². The standard InChI is InChI=1S/C12H16N4/c1-16-6-4-10-12(16)15-11(8-14-10)9-3-2-5-13-7-9/h4,6,8-9,13H,2-3,5,7H2,1H3. The Morgan fingerprint density at radius 3 is 3.25 bits per heavy atom. The van der Waals surface area contributed by atoms with Crippen LogP contribution in [0, 0.1) is 0 Å². The van der Waals surface area contributed by atoms with Gasteiger partial charge in [0.1, 0.15) is 5.52 Å². The van der Waals surface area contributed by atoms with Gasteiger partial charge < -0.3 is 9.88 Å². The Balaban J connectivity index is 1.99. The number of aryl methyl sites for hydroxylation is 1. The first-order valence-corrected chi connectivity index (χ1v) is 5.83. The lowest BCUT2D eigenvalue weighted by molar-refractivity contribution is 0.454. The summed E-state index contributed by atoms with van der Waals surface area (Å²) in [6.07, 6.45) is 6.39. The Kier molecular flexibility index (Phi) is 2.36. The zero-order chi connectivity index (χ0) is 11.0. The van der Waals surface area contributed by atoms with Gasteiger partial charge in [-0.15, -0.1) is 0 Å². The molecule has 0 spiro atoms. The summed E-state index contributed by atoms with van der Waals surface area (Å²) in [5, 5.41) is 3.42. The highest BCUT2D eigenvalue weighted by Gasteiger charge is 2.17. The Bertz CT molecular complexity index is 497. The van der Waals surface area contributed by atoms with Gasteiger partial charge in [-0.1, -0.05) is 0 Å². The number of piperidine rings is 1. The van der Waals surface area contributed by atoms with Crippen molar-refractivity contribution in [2.45, 2.75) is 18.8 Å². The molecule has 1 fully saturated rings. The average molecular weight is 216 g/mol. The van der Waals surface area contributed by atoms with E-state index in [9.17, 15) is 0 Å². The minimum Gasteiger partial charge on any atom is -0.334 e. The van der Waals surface area contributed by atoms with Crippen LogP contribution in [0.15, 0.2) is 18.5 Å². The Labute approximate surface area is 94.7 Å². The number of aromatic nitrogens is 3. The minimum atomic E-state index is 0.528. The number of hydrogen-bond donors (Lipinski definition) is 1. The van der Waals surface area contributed by atoms with Gasteiger partial charge in [-0.25, -0.2) is 4.98 Å². The Hall–Kier alpha value is -1.42. The highest BCUT2D eigenvalue weighted by molar-refractivity contribution is 5.70. The lowest BCUT2D eigenvalue weighted by Crippen LogP contribution is -2.28. The summed E-state index contributed by atoms with van der Waals surface area (Å²) in [6.45, 7) is 2.17. The second-order valence-corrected chi connectivity index (χ2v) is 4.47. The molecule has 1 aliphatic rings. The van der Waals surface area contributed by atoms with Crippen molar-refractivity contribution in [1.29, 1.82) is 0 Å². The van der Waals surface area contributed by atoms with E-state index in [1.54, 1.807) is 0 Å². The highest BCUT2D eigenvalue weighted by Crippen LogP contribution is 2.22. The quantitative estimate of drug-likeness (QED) is 0.784. The third kappa shape index (κ3) is 1.59. The van der Waals surface area contributed by atoms with Gasteiger partial charge in [-0.3, -0.25) is 4.98 Å². The van der Waals surface area contributed by atoms with Crippen molar-refractivity contribution < 1.29 is 0 Å². The van der Waals surface area contributed by atoms with Crippen LogP contribution in [-0.4, -0.2) is 27.6 Å². The highest BCUT2D eigenvalue weighted by atomic mass is 15.0. The Morgan fingerprint density at radius 2 is 2.44 bits per heavy atom. The molecule has 84 valence electrons. The van der Waals surface area contributed by atoms with Crippen LogP contribution in [0.1, 0.15) is 24.5 Å². The normalized spacial score (nSPS) is 21.4. The number of rotatable bonds is 1. The van der Waals surface area contributed by atoms with Gasteiger partial charge in [-0.2, -0.15) is 0 Å². The van der Waals surface area contributed by atoms with Gasteiger partial charge in [0.05, 0.1) is 5.69 Å². The maximum atomic E-state index is 4.72. The van der Waals surface area contributed by atoms with Crippen molar-refractivity contribution >= 4 is 11.2 Å². The molecule has 1 saturated heterocycles. The molecule has 0 aliphatic carbocycles. The molecule has 0 saturated carbocycles. The topological polar surface area (TPSA) is 42.7 Å². The SMILES string of the molecule is Cn1ccc2ncc(C3CCCNC3)nc21. The van der Waals surface area contributed by atoms with E-state index in [1.807, 2.05) is 30.1 Å². The molecule has 4 nitrogen and oxygen atoms in total. The smallest absolute Gasteiger partial charge is 0.158 e. The van der Waals surface area contributed by atoms with Crippen LogP contribution >= 0.6 is 0 Å². The van der Waals surface area contributed by atoms with E-state index in [0.29, 0.717) is 5.92 Å². The molecule has 0 radical (unpaired) electrons. The molecule has 1 aliphatic heterocycles. The second-order valence-electron chi connectivity index (χ2n) is 4.47. The zero-order valence-electron chi connectivity index (χ0n) is 9.48. The van der Waals surface area contributed by atoms with Crippen molar-refractivity contribution in [3.8, 4) is 0 Å². The van der Waals surface area contributed by atoms with E-state index in [0.717, 1.165) is 29.9 Å². The van der Waals surface area contributed by atoms with Crippen molar-refractivity contribution in [2.24, 2.45) is 7.05 Å². The number of nitrogens with zero attached hydrogens (tertiary/aromatic N) is 3. The average Bonchev–Trinajstić information content (AvgIpc) is 2.72. The van der Waals surface area contributed by atoms with Crippen molar-refractivity contribution in [2.75, 3.05) is 13.1 Å². The molecule has 0 bridgehead atoms. The van der Waals surface area contributed by atoms with Crippen LogP contribution in [0.2, 0.25) is 0 Å². The van der Waals surface area contributed by atoms with Crippen LogP contribution in [-0.2, 0) is 7.05 Å².